The van der Waals surface area contributed by atoms with Gasteiger partial charge in [0.25, 0.3) is 5.56 Å². The molecule has 0 spiro atoms. The number of nitrogens with one attached hydrogen (secondary N) is 2. The number of anilines is 1. The van der Waals surface area contributed by atoms with Crippen molar-refractivity contribution in [2.75, 3.05) is 11.9 Å². The molecule has 6 nitrogen and oxygen atoms in total. The van der Waals surface area contributed by atoms with Crippen LogP contribution >= 0.6 is 34.7 Å². The number of aromatic amines is 1. The Kier molecular flexibility index (Phi) is 4.60. The summed E-state index contributed by atoms with van der Waals surface area (Å²) in [5, 5.41) is 13.0. The fraction of sp³-hybridized carbons (Fsp3) is 0.231. The van der Waals surface area contributed by atoms with Crippen LogP contribution in [0.25, 0.3) is 10.9 Å². The van der Waals surface area contributed by atoms with Gasteiger partial charge in [-0.2, -0.15) is 0 Å². The van der Waals surface area contributed by atoms with Crippen LogP contribution < -0.4 is 10.9 Å². The van der Waals surface area contributed by atoms with Crippen molar-refractivity contribution >= 4 is 50.7 Å². The van der Waals surface area contributed by atoms with Gasteiger partial charge in [0.15, 0.2) is 4.34 Å². The summed E-state index contributed by atoms with van der Waals surface area (Å²) in [7, 11) is 0. The van der Waals surface area contributed by atoms with Crippen molar-refractivity contribution in [3.05, 3.63) is 39.4 Å². The molecule has 0 unspecified atom stereocenters. The zero-order chi connectivity index (χ0) is 15.5. The molecular formula is C13H12ClN5OS2. The van der Waals surface area contributed by atoms with Gasteiger partial charge >= 0.3 is 0 Å². The molecule has 0 saturated heterocycles. The van der Waals surface area contributed by atoms with Gasteiger partial charge in [-0.1, -0.05) is 34.7 Å². The first-order valence-corrected chi connectivity index (χ1v) is 8.72. The highest BCUT2D eigenvalue weighted by Gasteiger charge is 2.08. The monoisotopic (exact) mass is 353 g/mol. The van der Waals surface area contributed by atoms with E-state index in [1.54, 1.807) is 18.2 Å². The minimum atomic E-state index is -0.186. The number of fused-ring (bicyclic) bond motifs is 1. The molecule has 1 aromatic carbocycles. The molecule has 0 aliphatic heterocycles. The van der Waals surface area contributed by atoms with E-state index in [9.17, 15) is 4.79 Å². The fourth-order valence-electron chi connectivity index (χ4n) is 1.85. The van der Waals surface area contributed by atoms with Crippen molar-refractivity contribution < 1.29 is 0 Å². The number of nitrogens with zero attached hydrogens (tertiary/aromatic N) is 3. The number of halogens is 1. The van der Waals surface area contributed by atoms with Gasteiger partial charge in [0.1, 0.15) is 5.82 Å². The lowest BCUT2D eigenvalue weighted by molar-refractivity contribution is 0.995. The average molecular weight is 354 g/mol. The molecule has 3 aromatic rings. The van der Waals surface area contributed by atoms with E-state index in [0.29, 0.717) is 27.5 Å². The Morgan fingerprint density at radius 3 is 3.09 bits per heavy atom. The van der Waals surface area contributed by atoms with Gasteiger partial charge in [0.05, 0.1) is 16.7 Å². The summed E-state index contributed by atoms with van der Waals surface area (Å²) in [6.07, 6.45) is 0. The number of H-pyrrole nitrogens is 1. The maximum absolute atomic E-state index is 12.1. The first-order chi connectivity index (χ1) is 10.7. The summed E-state index contributed by atoms with van der Waals surface area (Å²) in [6.45, 7) is 2.81. The van der Waals surface area contributed by atoms with Gasteiger partial charge in [-0.3, -0.25) is 4.79 Å². The standard InChI is InChI=1S/C13H12ClN5OS2/c1-2-15-12-18-19-13(22-12)21-6-10-16-9-4-3-7(14)5-8(9)11(20)17-10/h3-5H,2,6H2,1H3,(H,15,18)(H,16,17,20). The van der Waals surface area contributed by atoms with Crippen molar-refractivity contribution in [1.29, 1.82) is 0 Å². The minimum Gasteiger partial charge on any atom is -0.360 e. The van der Waals surface area contributed by atoms with Crippen LogP contribution in [0.3, 0.4) is 0 Å². The van der Waals surface area contributed by atoms with Crippen LogP contribution in [0.1, 0.15) is 12.7 Å². The van der Waals surface area contributed by atoms with E-state index >= 15 is 0 Å². The lowest BCUT2D eigenvalue weighted by Crippen LogP contribution is -2.11. The number of thioether (sulfide) groups is 1. The second-order valence-corrected chi connectivity index (χ2v) is 7.00. The third-order valence-electron chi connectivity index (χ3n) is 2.78. The van der Waals surface area contributed by atoms with E-state index in [1.165, 1.54) is 23.1 Å². The molecular weight excluding hydrogens is 342 g/mol. The smallest absolute Gasteiger partial charge is 0.258 e. The van der Waals surface area contributed by atoms with Crippen molar-refractivity contribution in [2.24, 2.45) is 0 Å². The molecule has 0 bridgehead atoms. The highest BCUT2D eigenvalue weighted by Crippen LogP contribution is 2.27. The first kappa shape index (κ1) is 15.3. The molecule has 0 saturated carbocycles. The van der Waals surface area contributed by atoms with E-state index in [1.807, 2.05) is 6.92 Å². The third-order valence-corrected chi connectivity index (χ3v) is 5.04. The summed E-state index contributed by atoms with van der Waals surface area (Å²) >= 11 is 8.86. The molecule has 2 aromatic heterocycles. The lowest BCUT2D eigenvalue weighted by Gasteiger charge is -2.02. The Morgan fingerprint density at radius 2 is 2.27 bits per heavy atom. The molecule has 0 aliphatic carbocycles. The number of rotatable bonds is 5. The predicted molar refractivity (Wildman–Crippen MR) is 91.0 cm³/mol. The largest absolute Gasteiger partial charge is 0.360 e. The summed E-state index contributed by atoms with van der Waals surface area (Å²) < 4.78 is 0.829. The predicted octanol–water partition coefficient (Wildman–Crippen LogP) is 3.15. The lowest BCUT2D eigenvalue weighted by atomic mass is 10.2. The maximum atomic E-state index is 12.1. The Hall–Kier alpha value is -1.64. The van der Waals surface area contributed by atoms with Crippen LogP contribution in [0, 0.1) is 0 Å². The Morgan fingerprint density at radius 1 is 1.41 bits per heavy atom. The molecule has 0 radical (unpaired) electrons. The van der Waals surface area contributed by atoms with Crippen LogP contribution in [-0.2, 0) is 5.75 Å². The van der Waals surface area contributed by atoms with Crippen LogP contribution in [0.5, 0.6) is 0 Å². The van der Waals surface area contributed by atoms with Crippen molar-refractivity contribution in [1.82, 2.24) is 20.2 Å². The summed E-state index contributed by atoms with van der Waals surface area (Å²) in [5.74, 6) is 1.12. The number of aromatic nitrogens is 4. The molecule has 0 atom stereocenters. The Balaban J connectivity index is 1.78. The van der Waals surface area contributed by atoms with Crippen LogP contribution in [-0.4, -0.2) is 26.7 Å². The van der Waals surface area contributed by atoms with E-state index in [-0.39, 0.29) is 5.56 Å². The van der Waals surface area contributed by atoms with E-state index in [0.717, 1.165) is 16.0 Å². The summed E-state index contributed by atoms with van der Waals surface area (Å²) in [5.41, 5.74) is 0.447. The van der Waals surface area contributed by atoms with Gasteiger partial charge < -0.3 is 10.3 Å². The highest BCUT2D eigenvalue weighted by atomic mass is 35.5. The van der Waals surface area contributed by atoms with E-state index < -0.39 is 0 Å². The summed E-state index contributed by atoms with van der Waals surface area (Å²) in [4.78, 5) is 19.3. The Bertz CT molecular complexity index is 863. The fourth-order valence-corrected chi connectivity index (χ4v) is 3.71. The molecule has 9 heteroatoms. The van der Waals surface area contributed by atoms with E-state index in [4.69, 9.17) is 11.6 Å². The van der Waals surface area contributed by atoms with Crippen LogP contribution in [0.4, 0.5) is 5.13 Å². The van der Waals surface area contributed by atoms with Crippen molar-refractivity contribution in [3.8, 4) is 0 Å². The zero-order valence-electron chi connectivity index (χ0n) is 11.6. The molecule has 2 heterocycles. The van der Waals surface area contributed by atoms with Gasteiger partial charge in [0.2, 0.25) is 5.13 Å². The normalized spacial score (nSPS) is 11.0. The maximum Gasteiger partial charge on any atom is 0.258 e. The highest BCUT2D eigenvalue weighted by molar-refractivity contribution is 8.00. The van der Waals surface area contributed by atoms with Gasteiger partial charge in [-0.25, -0.2) is 4.98 Å². The number of hydrogen-bond acceptors (Lipinski definition) is 7. The topological polar surface area (TPSA) is 83.6 Å². The quantitative estimate of drug-likeness (QED) is 0.685. The van der Waals surface area contributed by atoms with Crippen LogP contribution in [0.15, 0.2) is 27.3 Å². The molecule has 2 N–H and O–H groups in total. The van der Waals surface area contributed by atoms with Gasteiger partial charge in [-0.05, 0) is 25.1 Å². The van der Waals surface area contributed by atoms with Crippen LogP contribution in [0.2, 0.25) is 5.02 Å². The second kappa shape index (κ2) is 6.64. The summed E-state index contributed by atoms with van der Waals surface area (Å²) in [6, 6.07) is 5.09. The van der Waals surface area contributed by atoms with Crippen molar-refractivity contribution in [2.45, 2.75) is 17.0 Å². The zero-order valence-corrected chi connectivity index (χ0v) is 14.0. The van der Waals surface area contributed by atoms with Gasteiger partial charge in [0, 0.05) is 11.6 Å². The minimum absolute atomic E-state index is 0.186. The SMILES string of the molecule is CCNc1nnc(SCc2nc3ccc(Cl)cc3c(=O)[nH]2)s1. The average Bonchev–Trinajstić information content (AvgIpc) is 2.94. The molecule has 0 aliphatic rings. The second-order valence-electron chi connectivity index (χ2n) is 4.37. The first-order valence-electron chi connectivity index (χ1n) is 6.54. The van der Waals surface area contributed by atoms with Gasteiger partial charge in [-0.15, -0.1) is 10.2 Å². The molecule has 114 valence electrons. The molecule has 3 rings (SSSR count). The molecule has 0 amide bonds. The Labute approximate surface area is 139 Å². The van der Waals surface area contributed by atoms with Crippen molar-refractivity contribution in [3.63, 3.8) is 0 Å². The van der Waals surface area contributed by atoms with E-state index in [2.05, 4.69) is 25.5 Å². The third kappa shape index (κ3) is 3.40. The number of hydrogen-bond donors (Lipinski definition) is 2. The number of benzene rings is 1. The molecule has 22 heavy (non-hydrogen) atoms. The molecule has 0 fully saturated rings.